The van der Waals surface area contributed by atoms with Crippen molar-refractivity contribution in [1.29, 1.82) is 0 Å². The average molecular weight is 447 g/mol. The normalized spacial score (nSPS) is 15.1. The van der Waals surface area contributed by atoms with Gasteiger partial charge in [-0.3, -0.25) is 14.0 Å². The number of rotatable bonds is 8. The first kappa shape index (κ1) is 23.1. The van der Waals surface area contributed by atoms with Gasteiger partial charge in [-0.25, -0.2) is 8.42 Å². The van der Waals surface area contributed by atoms with E-state index in [1.165, 1.54) is 9.87 Å². The lowest BCUT2D eigenvalue weighted by Crippen LogP contribution is -2.43. The number of aryl methyl sites for hydroxylation is 2. The molecule has 0 bridgehead atoms. The number of hydrogen-bond acceptors (Lipinski definition) is 4. The standard InChI is InChI=1S/C22H34N6O2S/c1-6-23-22(25-16(2)15-20-17(3)26-27(5)18(20)4)24-12-14-31(29,30)28-13-11-19-9-7-8-10-21(19)28/h7-10,16H,6,11-15H2,1-5H3,(H2,23,24,25). The molecule has 1 aromatic carbocycles. The topological polar surface area (TPSA) is 91.6 Å². The second kappa shape index (κ2) is 9.72. The molecule has 3 rings (SSSR count). The molecule has 1 aliphatic heterocycles. The molecule has 1 atom stereocenters. The summed E-state index contributed by atoms with van der Waals surface area (Å²) in [5.41, 5.74) is 5.30. The Morgan fingerprint density at radius 1 is 1.29 bits per heavy atom. The van der Waals surface area contributed by atoms with Crippen molar-refractivity contribution >= 4 is 21.7 Å². The van der Waals surface area contributed by atoms with E-state index in [-0.39, 0.29) is 18.3 Å². The molecule has 0 amide bonds. The molecular formula is C22H34N6O2S. The van der Waals surface area contributed by atoms with Gasteiger partial charge in [-0.1, -0.05) is 18.2 Å². The Morgan fingerprint density at radius 2 is 2.03 bits per heavy atom. The van der Waals surface area contributed by atoms with E-state index in [0.717, 1.165) is 35.5 Å². The maximum absolute atomic E-state index is 12.9. The van der Waals surface area contributed by atoms with Crippen molar-refractivity contribution in [2.75, 3.05) is 29.7 Å². The SMILES string of the molecule is CCNC(=NCCS(=O)(=O)N1CCc2ccccc21)NC(C)Cc1c(C)nn(C)c1C. The number of para-hydroxylation sites is 1. The summed E-state index contributed by atoms with van der Waals surface area (Å²) in [7, 11) is -1.46. The molecule has 9 heteroatoms. The van der Waals surface area contributed by atoms with Crippen molar-refractivity contribution < 1.29 is 8.42 Å². The zero-order valence-corrected chi connectivity index (χ0v) is 20.0. The van der Waals surface area contributed by atoms with Crippen molar-refractivity contribution in [3.05, 3.63) is 46.8 Å². The summed E-state index contributed by atoms with van der Waals surface area (Å²) in [6, 6.07) is 7.82. The van der Waals surface area contributed by atoms with Crippen molar-refractivity contribution in [1.82, 2.24) is 20.4 Å². The number of benzene rings is 1. The molecule has 31 heavy (non-hydrogen) atoms. The second-order valence-electron chi connectivity index (χ2n) is 8.05. The minimum atomic E-state index is -3.41. The second-order valence-corrected chi connectivity index (χ2v) is 10.1. The molecule has 2 heterocycles. The lowest BCUT2D eigenvalue weighted by atomic mass is 10.1. The first-order valence-corrected chi connectivity index (χ1v) is 12.5. The maximum Gasteiger partial charge on any atom is 0.237 e. The Bertz CT molecular complexity index is 1040. The molecule has 1 aliphatic rings. The van der Waals surface area contributed by atoms with E-state index >= 15 is 0 Å². The minimum absolute atomic E-state index is 0.0207. The molecule has 1 unspecified atom stereocenters. The number of sulfonamides is 1. The van der Waals surface area contributed by atoms with Crippen LogP contribution in [-0.4, -0.2) is 55.6 Å². The average Bonchev–Trinajstić information content (AvgIpc) is 3.25. The Labute approximate surface area is 185 Å². The van der Waals surface area contributed by atoms with Crippen molar-refractivity contribution in [2.45, 2.75) is 46.6 Å². The fraction of sp³-hybridized carbons (Fsp3) is 0.545. The van der Waals surface area contributed by atoms with Crippen molar-refractivity contribution in [3.63, 3.8) is 0 Å². The lowest BCUT2D eigenvalue weighted by Gasteiger charge is -2.20. The third-order valence-corrected chi connectivity index (χ3v) is 7.45. The van der Waals surface area contributed by atoms with Gasteiger partial charge in [0.15, 0.2) is 5.96 Å². The smallest absolute Gasteiger partial charge is 0.237 e. The Hall–Kier alpha value is -2.55. The molecule has 1 aromatic heterocycles. The van der Waals surface area contributed by atoms with Gasteiger partial charge in [0, 0.05) is 31.9 Å². The number of anilines is 1. The highest BCUT2D eigenvalue weighted by molar-refractivity contribution is 7.92. The Balaban J connectivity index is 1.62. The number of nitrogens with one attached hydrogen (secondary N) is 2. The molecule has 0 saturated heterocycles. The van der Waals surface area contributed by atoms with Crippen LogP contribution in [0.25, 0.3) is 0 Å². The van der Waals surface area contributed by atoms with E-state index in [0.29, 0.717) is 19.0 Å². The van der Waals surface area contributed by atoms with Crippen LogP contribution in [0.1, 0.15) is 36.4 Å². The summed E-state index contributed by atoms with van der Waals surface area (Å²) >= 11 is 0. The summed E-state index contributed by atoms with van der Waals surface area (Å²) in [6.07, 6.45) is 1.58. The van der Waals surface area contributed by atoms with Gasteiger partial charge in [-0.05, 0) is 57.7 Å². The summed E-state index contributed by atoms with van der Waals surface area (Å²) in [4.78, 5) is 4.53. The van der Waals surface area contributed by atoms with Crippen LogP contribution in [-0.2, 0) is 29.9 Å². The molecule has 0 fully saturated rings. The number of aromatic nitrogens is 2. The molecular weight excluding hydrogens is 412 g/mol. The Morgan fingerprint density at radius 3 is 2.71 bits per heavy atom. The van der Waals surface area contributed by atoms with Crippen LogP contribution in [0.4, 0.5) is 5.69 Å². The fourth-order valence-corrected chi connectivity index (χ4v) is 5.39. The van der Waals surface area contributed by atoms with E-state index in [9.17, 15) is 8.42 Å². The van der Waals surface area contributed by atoms with Gasteiger partial charge in [0.25, 0.3) is 0 Å². The predicted octanol–water partition coefficient (Wildman–Crippen LogP) is 1.92. The number of hydrogen-bond donors (Lipinski definition) is 2. The molecule has 0 radical (unpaired) electrons. The lowest BCUT2D eigenvalue weighted by molar-refractivity contribution is 0.592. The maximum atomic E-state index is 12.9. The molecule has 0 spiro atoms. The zero-order chi connectivity index (χ0) is 22.6. The number of aliphatic imine (C=N–C) groups is 1. The summed E-state index contributed by atoms with van der Waals surface area (Å²) in [5.74, 6) is 0.610. The van der Waals surface area contributed by atoms with Crippen LogP contribution in [0, 0.1) is 13.8 Å². The van der Waals surface area contributed by atoms with Crippen molar-refractivity contribution in [3.8, 4) is 0 Å². The van der Waals surface area contributed by atoms with Gasteiger partial charge in [-0.2, -0.15) is 5.10 Å². The van der Waals surface area contributed by atoms with E-state index in [1.807, 2.05) is 49.8 Å². The molecule has 8 nitrogen and oxygen atoms in total. The van der Waals surface area contributed by atoms with E-state index in [2.05, 4.69) is 34.6 Å². The molecule has 0 aliphatic carbocycles. The zero-order valence-electron chi connectivity index (χ0n) is 19.1. The number of nitrogens with zero attached hydrogens (tertiary/aromatic N) is 4. The van der Waals surface area contributed by atoms with E-state index in [4.69, 9.17) is 0 Å². The van der Waals surface area contributed by atoms with Gasteiger partial charge in [0.05, 0.1) is 23.7 Å². The van der Waals surface area contributed by atoms with E-state index < -0.39 is 10.0 Å². The minimum Gasteiger partial charge on any atom is -0.357 e. The highest BCUT2D eigenvalue weighted by Gasteiger charge is 2.28. The van der Waals surface area contributed by atoms with E-state index in [1.54, 1.807) is 0 Å². The quantitative estimate of drug-likeness (QED) is 0.477. The van der Waals surface area contributed by atoms with Crippen LogP contribution in [0.3, 0.4) is 0 Å². The van der Waals surface area contributed by atoms with Gasteiger partial charge in [-0.15, -0.1) is 0 Å². The predicted molar refractivity (Wildman–Crippen MR) is 126 cm³/mol. The van der Waals surface area contributed by atoms with Crippen LogP contribution in [0.5, 0.6) is 0 Å². The summed E-state index contributed by atoms with van der Waals surface area (Å²) in [5, 5.41) is 11.1. The summed E-state index contributed by atoms with van der Waals surface area (Å²) < 4.78 is 29.2. The highest BCUT2D eigenvalue weighted by atomic mass is 32.2. The van der Waals surface area contributed by atoms with Gasteiger partial charge in [0.1, 0.15) is 0 Å². The largest absolute Gasteiger partial charge is 0.357 e. The van der Waals surface area contributed by atoms with Crippen LogP contribution < -0.4 is 14.9 Å². The molecule has 2 aromatic rings. The molecule has 170 valence electrons. The first-order chi connectivity index (χ1) is 14.7. The summed E-state index contributed by atoms with van der Waals surface area (Å²) in [6.45, 7) is 9.60. The van der Waals surface area contributed by atoms with Gasteiger partial charge in [0.2, 0.25) is 10.0 Å². The van der Waals surface area contributed by atoms with Gasteiger partial charge < -0.3 is 10.6 Å². The third-order valence-electron chi connectivity index (χ3n) is 5.70. The highest BCUT2D eigenvalue weighted by Crippen LogP contribution is 2.29. The molecule has 0 saturated carbocycles. The van der Waals surface area contributed by atoms with Crippen LogP contribution in [0.15, 0.2) is 29.3 Å². The van der Waals surface area contributed by atoms with Crippen molar-refractivity contribution in [2.24, 2.45) is 12.0 Å². The van der Waals surface area contributed by atoms with Crippen LogP contribution in [0.2, 0.25) is 0 Å². The fourth-order valence-electron chi connectivity index (χ4n) is 4.00. The number of fused-ring (bicyclic) bond motifs is 1. The monoisotopic (exact) mass is 446 g/mol. The third kappa shape index (κ3) is 5.39. The number of guanidine groups is 1. The first-order valence-electron chi connectivity index (χ1n) is 10.8. The molecule has 2 N–H and O–H groups in total. The Kier molecular flexibility index (Phi) is 7.25. The van der Waals surface area contributed by atoms with Gasteiger partial charge >= 0.3 is 0 Å². The van der Waals surface area contributed by atoms with Crippen LogP contribution >= 0.6 is 0 Å².